The zero-order valence-corrected chi connectivity index (χ0v) is 15.1. The lowest BCUT2D eigenvalue weighted by Crippen LogP contribution is -2.27. The summed E-state index contributed by atoms with van der Waals surface area (Å²) in [5.41, 5.74) is 0.508. The number of aromatic nitrogens is 3. The first-order chi connectivity index (χ1) is 12.0. The molecular formula is C17H21ClN6O. The van der Waals surface area contributed by atoms with Gasteiger partial charge in [0.2, 0.25) is 11.9 Å². The van der Waals surface area contributed by atoms with Gasteiger partial charge in [-0.25, -0.2) is 0 Å². The van der Waals surface area contributed by atoms with Crippen LogP contribution in [0.15, 0.2) is 24.3 Å². The SMILES string of the molecule is CN(C)c1nc(CNC(=O)c2cccc(Cl)c2)nc(N2CCCC2)n1. The fourth-order valence-corrected chi connectivity index (χ4v) is 2.81. The van der Waals surface area contributed by atoms with Gasteiger partial charge in [-0.3, -0.25) is 4.79 Å². The normalized spacial score (nSPS) is 13.8. The molecule has 0 saturated carbocycles. The zero-order valence-electron chi connectivity index (χ0n) is 14.4. The van der Waals surface area contributed by atoms with Crippen molar-refractivity contribution in [2.75, 3.05) is 37.0 Å². The summed E-state index contributed by atoms with van der Waals surface area (Å²) in [7, 11) is 3.77. The van der Waals surface area contributed by atoms with E-state index in [1.165, 1.54) is 0 Å². The topological polar surface area (TPSA) is 74.2 Å². The highest BCUT2D eigenvalue weighted by Gasteiger charge is 2.18. The minimum absolute atomic E-state index is 0.211. The average Bonchev–Trinajstić information content (AvgIpc) is 3.14. The summed E-state index contributed by atoms with van der Waals surface area (Å²) in [5, 5.41) is 3.37. The number of hydrogen-bond donors (Lipinski definition) is 1. The van der Waals surface area contributed by atoms with Crippen LogP contribution in [-0.2, 0) is 6.54 Å². The number of benzene rings is 1. The number of carbonyl (C=O) groups is 1. The lowest BCUT2D eigenvalue weighted by atomic mass is 10.2. The molecule has 0 unspecified atom stereocenters. The molecule has 1 amide bonds. The molecule has 25 heavy (non-hydrogen) atoms. The van der Waals surface area contributed by atoms with Crippen LogP contribution in [0.4, 0.5) is 11.9 Å². The first kappa shape index (κ1) is 17.4. The quantitative estimate of drug-likeness (QED) is 0.880. The van der Waals surface area contributed by atoms with Crippen molar-refractivity contribution >= 4 is 29.4 Å². The molecule has 1 fully saturated rings. The number of carbonyl (C=O) groups excluding carboxylic acids is 1. The van der Waals surface area contributed by atoms with Crippen LogP contribution >= 0.6 is 11.6 Å². The molecule has 7 nitrogen and oxygen atoms in total. The van der Waals surface area contributed by atoms with Crippen LogP contribution in [0.2, 0.25) is 5.02 Å². The number of rotatable bonds is 5. The number of halogens is 1. The number of anilines is 2. The molecule has 0 spiro atoms. The smallest absolute Gasteiger partial charge is 0.251 e. The Morgan fingerprint density at radius 3 is 2.68 bits per heavy atom. The lowest BCUT2D eigenvalue weighted by Gasteiger charge is -2.19. The summed E-state index contributed by atoms with van der Waals surface area (Å²) in [6.07, 6.45) is 2.29. The molecule has 1 saturated heterocycles. The fraction of sp³-hybridized carbons (Fsp3) is 0.412. The summed E-state index contributed by atoms with van der Waals surface area (Å²) in [6, 6.07) is 6.83. The van der Waals surface area contributed by atoms with Crippen molar-refractivity contribution in [2.45, 2.75) is 19.4 Å². The Hall–Kier alpha value is -2.41. The van der Waals surface area contributed by atoms with Crippen molar-refractivity contribution in [3.63, 3.8) is 0 Å². The van der Waals surface area contributed by atoms with E-state index in [0.717, 1.165) is 25.9 Å². The zero-order chi connectivity index (χ0) is 17.8. The van der Waals surface area contributed by atoms with Crippen LogP contribution in [0.1, 0.15) is 29.0 Å². The minimum atomic E-state index is -0.211. The molecular weight excluding hydrogens is 340 g/mol. The van der Waals surface area contributed by atoms with Gasteiger partial charge in [-0.15, -0.1) is 0 Å². The van der Waals surface area contributed by atoms with E-state index in [0.29, 0.717) is 28.3 Å². The second-order valence-electron chi connectivity index (χ2n) is 6.13. The number of amides is 1. The number of nitrogens with zero attached hydrogens (tertiary/aromatic N) is 5. The van der Waals surface area contributed by atoms with Crippen molar-refractivity contribution in [3.8, 4) is 0 Å². The molecule has 8 heteroatoms. The van der Waals surface area contributed by atoms with Gasteiger partial charge in [0.25, 0.3) is 5.91 Å². The molecule has 0 radical (unpaired) electrons. The largest absolute Gasteiger partial charge is 0.347 e. The predicted octanol–water partition coefficient (Wildman–Crippen LogP) is 2.12. The standard InChI is InChI=1S/C17H21ClN6O/c1-23(2)16-20-14(21-17(22-16)24-8-3-4-9-24)11-19-15(25)12-6-5-7-13(18)10-12/h5-7,10H,3-4,8-9,11H2,1-2H3,(H,19,25). The Morgan fingerprint density at radius 2 is 2.00 bits per heavy atom. The molecule has 1 aliphatic rings. The molecule has 1 aromatic heterocycles. The number of nitrogens with one attached hydrogen (secondary N) is 1. The van der Waals surface area contributed by atoms with Gasteiger partial charge in [0.05, 0.1) is 6.54 Å². The molecule has 1 aromatic carbocycles. The molecule has 2 heterocycles. The Morgan fingerprint density at radius 1 is 1.24 bits per heavy atom. The minimum Gasteiger partial charge on any atom is -0.347 e. The van der Waals surface area contributed by atoms with Crippen molar-refractivity contribution in [1.29, 1.82) is 0 Å². The highest BCUT2D eigenvalue weighted by molar-refractivity contribution is 6.30. The van der Waals surface area contributed by atoms with Gasteiger partial charge in [-0.05, 0) is 31.0 Å². The Bertz CT molecular complexity index is 761. The van der Waals surface area contributed by atoms with Gasteiger partial charge in [0.1, 0.15) is 0 Å². The van der Waals surface area contributed by atoms with Crippen molar-refractivity contribution in [1.82, 2.24) is 20.3 Å². The van der Waals surface area contributed by atoms with E-state index in [2.05, 4.69) is 25.2 Å². The van der Waals surface area contributed by atoms with Gasteiger partial charge in [-0.2, -0.15) is 15.0 Å². The molecule has 0 atom stereocenters. The van der Waals surface area contributed by atoms with Gasteiger partial charge in [0, 0.05) is 37.8 Å². The van der Waals surface area contributed by atoms with E-state index < -0.39 is 0 Å². The predicted molar refractivity (Wildman–Crippen MR) is 98.2 cm³/mol. The molecule has 0 aliphatic carbocycles. The Labute approximate surface area is 152 Å². The molecule has 1 N–H and O–H groups in total. The van der Waals surface area contributed by atoms with Crippen LogP contribution in [0.3, 0.4) is 0 Å². The van der Waals surface area contributed by atoms with Gasteiger partial charge in [-0.1, -0.05) is 17.7 Å². The molecule has 0 bridgehead atoms. The highest BCUT2D eigenvalue weighted by Crippen LogP contribution is 2.18. The van der Waals surface area contributed by atoms with Gasteiger partial charge >= 0.3 is 0 Å². The fourth-order valence-electron chi connectivity index (χ4n) is 2.62. The first-order valence-electron chi connectivity index (χ1n) is 8.24. The Kier molecular flexibility index (Phi) is 5.33. The monoisotopic (exact) mass is 360 g/mol. The van der Waals surface area contributed by atoms with Crippen molar-refractivity contribution < 1.29 is 4.79 Å². The third-order valence-corrected chi connectivity index (χ3v) is 4.18. The van der Waals surface area contributed by atoms with E-state index in [1.807, 2.05) is 19.0 Å². The van der Waals surface area contributed by atoms with E-state index in [4.69, 9.17) is 11.6 Å². The third-order valence-electron chi connectivity index (χ3n) is 3.94. The van der Waals surface area contributed by atoms with Crippen LogP contribution in [0, 0.1) is 0 Å². The van der Waals surface area contributed by atoms with E-state index >= 15 is 0 Å². The number of hydrogen-bond acceptors (Lipinski definition) is 6. The Balaban J connectivity index is 1.75. The second kappa shape index (κ2) is 7.65. The summed E-state index contributed by atoms with van der Waals surface area (Å²) in [4.78, 5) is 29.7. The summed E-state index contributed by atoms with van der Waals surface area (Å²) < 4.78 is 0. The van der Waals surface area contributed by atoms with Gasteiger partial charge in [0.15, 0.2) is 5.82 Å². The average molecular weight is 361 g/mol. The maximum Gasteiger partial charge on any atom is 0.251 e. The van der Waals surface area contributed by atoms with E-state index in [9.17, 15) is 4.79 Å². The second-order valence-corrected chi connectivity index (χ2v) is 6.57. The highest BCUT2D eigenvalue weighted by atomic mass is 35.5. The lowest BCUT2D eigenvalue weighted by molar-refractivity contribution is 0.0950. The molecule has 1 aliphatic heterocycles. The van der Waals surface area contributed by atoms with Crippen LogP contribution in [-0.4, -0.2) is 48.0 Å². The molecule has 3 rings (SSSR count). The van der Waals surface area contributed by atoms with E-state index in [-0.39, 0.29) is 12.5 Å². The maximum atomic E-state index is 12.3. The van der Waals surface area contributed by atoms with Crippen molar-refractivity contribution in [2.24, 2.45) is 0 Å². The van der Waals surface area contributed by atoms with Crippen LogP contribution in [0.5, 0.6) is 0 Å². The summed E-state index contributed by atoms with van der Waals surface area (Å²) in [5.74, 6) is 1.58. The van der Waals surface area contributed by atoms with Gasteiger partial charge < -0.3 is 15.1 Å². The summed E-state index contributed by atoms with van der Waals surface area (Å²) in [6.45, 7) is 2.13. The maximum absolute atomic E-state index is 12.3. The van der Waals surface area contributed by atoms with Crippen LogP contribution < -0.4 is 15.1 Å². The summed E-state index contributed by atoms with van der Waals surface area (Å²) >= 11 is 5.93. The van der Waals surface area contributed by atoms with Crippen LogP contribution in [0.25, 0.3) is 0 Å². The molecule has 132 valence electrons. The van der Waals surface area contributed by atoms with E-state index in [1.54, 1.807) is 24.3 Å². The third kappa shape index (κ3) is 4.36. The van der Waals surface area contributed by atoms with Crippen molar-refractivity contribution in [3.05, 3.63) is 40.7 Å². The first-order valence-corrected chi connectivity index (χ1v) is 8.62. The molecule has 2 aromatic rings.